The lowest BCUT2D eigenvalue weighted by molar-refractivity contribution is -0.132. The molecule has 1 fully saturated rings. The van der Waals surface area contributed by atoms with Gasteiger partial charge in [0.25, 0.3) is 0 Å². The van der Waals surface area contributed by atoms with E-state index in [9.17, 15) is 19.2 Å². The molecule has 3 aromatic rings. The highest BCUT2D eigenvalue weighted by Gasteiger charge is 2.31. The monoisotopic (exact) mass is 605 g/mol. The molecule has 42 heavy (non-hydrogen) atoms. The number of hydrogen-bond donors (Lipinski definition) is 0. The van der Waals surface area contributed by atoms with Crippen LogP contribution in [-0.4, -0.2) is 79.6 Å². The summed E-state index contributed by atoms with van der Waals surface area (Å²) in [5, 5.41) is 1.22. The van der Waals surface area contributed by atoms with Crippen LogP contribution in [0.4, 0.5) is 11.4 Å². The number of piperazine rings is 1. The summed E-state index contributed by atoms with van der Waals surface area (Å²) in [6.07, 6.45) is 3.37. The van der Waals surface area contributed by atoms with E-state index >= 15 is 0 Å². The smallest absolute Gasteiger partial charge is 0.242 e. The number of carbonyl (C=O) groups excluding carboxylic acids is 4. The molecular formula is C32H31Cl2N4O4. The average molecular weight is 607 g/mol. The van der Waals surface area contributed by atoms with Crippen molar-refractivity contribution in [2.24, 2.45) is 0 Å². The van der Waals surface area contributed by atoms with Crippen LogP contribution in [0, 0.1) is 0 Å². The molecule has 10 heteroatoms. The molecule has 3 aliphatic heterocycles. The molecule has 0 unspecified atom stereocenters. The van der Waals surface area contributed by atoms with Crippen LogP contribution in [0.2, 0.25) is 10.0 Å². The molecule has 3 amide bonds. The number of hydrogen-bond acceptors (Lipinski definition) is 5. The minimum Gasteiger partial charge on any atom is -0.339 e. The number of carbonyl (C=O) groups is 3. The van der Waals surface area contributed by atoms with E-state index < -0.39 is 0 Å². The van der Waals surface area contributed by atoms with Crippen molar-refractivity contribution < 1.29 is 19.2 Å². The van der Waals surface area contributed by atoms with Gasteiger partial charge in [-0.1, -0.05) is 53.5 Å². The van der Waals surface area contributed by atoms with Crippen LogP contribution >= 0.6 is 23.2 Å². The zero-order valence-corrected chi connectivity index (χ0v) is 24.6. The Morgan fingerprint density at radius 2 is 1.33 bits per heavy atom. The molecule has 1 radical (unpaired) electrons. The Balaban J connectivity index is 0.000000211. The van der Waals surface area contributed by atoms with Crippen LogP contribution in [0.1, 0.15) is 16.7 Å². The van der Waals surface area contributed by atoms with Crippen molar-refractivity contribution in [3.05, 3.63) is 93.5 Å². The third-order valence-corrected chi connectivity index (χ3v) is 8.22. The van der Waals surface area contributed by atoms with Gasteiger partial charge in [0.05, 0.1) is 19.4 Å². The van der Waals surface area contributed by atoms with Crippen LogP contribution in [0.5, 0.6) is 0 Å². The van der Waals surface area contributed by atoms with Gasteiger partial charge in [-0.05, 0) is 59.5 Å². The van der Waals surface area contributed by atoms with Gasteiger partial charge in [0.2, 0.25) is 24.0 Å². The Kier molecular flexibility index (Phi) is 9.57. The fourth-order valence-electron chi connectivity index (χ4n) is 5.50. The lowest BCUT2D eigenvalue weighted by atomic mass is 10.1. The summed E-state index contributed by atoms with van der Waals surface area (Å²) in [6.45, 7) is 4.28. The van der Waals surface area contributed by atoms with Crippen LogP contribution in [0.15, 0.2) is 66.7 Å². The van der Waals surface area contributed by atoms with Gasteiger partial charge >= 0.3 is 0 Å². The quantitative estimate of drug-likeness (QED) is 0.407. The average Bonchev–Trinajstić information content (AvgIpc) is 3.46. The molecule has 0 aliphatic carbocycles. The number of fused-ring (bicyclic) bond motifs is 2. The third-order valence-electron chi connectivity index (χ3n) is 7.75. The van der Waals surface area contributed by atoms with Crippen molar-refractivity contribution >= 4 is 58.6 Å². The molecule has 0 atom stereocenters. The first kappa shape index (κ1) is 29.8. The van der Waals surface area contributed by atoms with Gasteiger partial charge in [-0.2, -0.15) is 0 Å². The van der Waals surface area contributed by atoms with Gasteiger partial charge in [-0.25, -0.2) is 0 Å². The second kappa shape index (κ2) is 13.5. The highest BCUT2D eigenvalue weighted by molar-refractivity contribution is 6.31. The van der Waals surface area contributed by atoms with Crippen molar-refractivity contribution in [3.8, 4) is 0 Å². The molecule has 1 saturated heterocycles. The minimum atomic E-state index is -0.0781. The van der Waals surface area contributed by atoms with E-state index in [2.05, 4.69) is 29.2 Å². The van der Waals surface area contributed by atoms with Crippen molar-refractivity contribution in [2.75, 3.05) is 55.6 Å². The predicted molar refractivity (Wildman–Crippen MR) is 164 cm³/mol. The van der Waals surface area contributed by atoms with Gasteiger partial charge in [0.15, 0.2) is 0 Å². The Bertz CT molecular complexity index is 1470. The molecule has 0 aromatic heterocycles. The van der Waals surface area contributed by atoms with Crippen LogP contribution in [-0.2, 0) is 38.4 Å². The summed E-state index contributed by atoms with van der Waals surface area (Å²) < 4.78 is 0. The molecule has 0 bridgehead atoms. The fraction of sp³-hybridized carbons (Fsp3) is 0.312. The molecule has 217 valence electrons. The summed E-state index contributed by atoms with van der Waals surface area (Å²) in [7, 11) is 0. The molecule has 0 spiro atoms. The summed E-state index contributed by atoms with van der Waals surface area (Å²) >= 11 is 11.8. The van der Waals surface area contributed by atoms with E-state index in [-0.39, 0.29) is 30.8 Å². The van der Waals surface area contributed by atoms with Crippen LogP contribution < -0.4 is 9.80 Å². The van der Waals surface area contributed by atoms with Crippen molar-refractivity contribution in [1.82, 2.24) is 9.80 Å². The number of benzene rings is 3. The van der Waals surface area contributed by atoms with E-state index in [0.717, 1.165) is 48.6 Å². The fourth-order valence-corrected chi connectivity index (χ4v) is 5.89. The second-order valence-corrected chi connectivity index (χ2v) is 11.3. The maximum absolute atomic E-state index is 12.7. The summed E-state index contributed by atoms with van der Waals surface area (Å²) in [5.74, 6) is -0.100. The Labute approximate surface area is 255 Å². The Morgan fingerprint density at radius 1 is 0.762 bits per heavy atom. The standard InChI is InChI=1S/C22H24ClN3O2.C10H7ClNO2/c23-19-6-7-20-18(14-19)15-21(27)26(20)16-22(28)25-12-10-24(11-13-25)9-8-17-4-2-1-3-5-17;11-8-1-2-9-7(5-8)6-10(14)12(9)3-4-13/h1-7,14H,8-13,15-16H2;1-2,5H,3,6H2. The van der Waals surface area contributed by atoms with Gasteiger partial charge in [-0.3, -0.25) is 24.1 Å². The molecular weight excluding hydrogens is 575 g/mol. The lowest BCUT2D eigenvalue weighted by Gasteiger charge is -2.35. The van der Waals surface area contributed by atoms with E-state index in [1.807, 2.05) is 23.1 Å². The van der Waals surface area contributed by atoms with Gasteiger partial charge < -0.3 is 14.7 Å². The third kappa shape index (κ3) is 7.01. The first-order valence-corrected chi connectivity index (χ1v) is 14.6. The molecule has 8 nitrogen and oxygen atoms in total. The second-order valence-electron chi connectivity index (χ2n) is 10.5. The zero-order valence-electron chi connectivity index (χ0n) is 23.1. The number of rotatable bonds is 7. The molecule has 3 aromatic carbocycles. The zero-order chi connectivity index (χ0) is 29.6. The van der Waals surface area contributed by atoms with Crippen LogP contribution in [0.25, 0.3) is 0 Å². The first-order chi connectivity index (χ1) is 20.3. The van der Waals surface area contributed by atoms with E-state index in [0.29, 0.717) is 36.0 Å². The number of anilines is 2. The van der Waals surface area contributed by atoms with Gasteiger partial charge in [0, 0.05) is 54.1 Å². The lowest BCUT2D eigenvalue weighted by Crippen LogP contribution is -2.51. The largest absolute Gasteiger partial charge is 0.339 e. The van der Waals surface area contributed by atoms with Crippen molar-refractivity contribution in [1.29, 1.82) is 0 Å². The summed E-state index contributed by atoms with van der Waals surface area (Å²) in [6, 6.07) is 21.1. The van der Waals surface area contributed by atoms with Gasteiger partial charge in [0.1, 0.15) is 6.54 Å². The van der Waals surface area contributed by atoms with Crippen molar-refractivity contribution in [2.45, 2.75) is 19.3 Å². The van der Waals surface area contributed by atoms with Crippen molar-refractivity contribution in [3.63, 3.8) is 0 Å². The first-order valence-electron chi connectivity index (χ1n) is 13.9. The molecule has 3 heterocycles. The summed E-state index contributed by atoms with van der Waals surface area (Å²) in [4.78, 5) is 54.0. The van der Waals surface area contributed by atoms with Gasteiger partial charge in [-0.15, -0.1) is 0 Å². The number of halogens is 2. The maximum atomic E-state index is 12.7. The maximum Gasteiger partial charge on any atom is 0.242 e. The number of amides is 3. The van der Waals surface area contributed by atoms with Crippen LogP contribution in [0.3, 0.4) is 0 Å². The Hall–Kier alpha value is -3.72. The molecule has 0 saturated carbocycles. The Morgan fingerprint density at radius 3 is 1.93 bits per heavy atom. The van der Waals surface area contributed by atoms with E-state index in [1.54, 1.807) is 35.5 Å². The minimum absolute atomic E-state index is 0.00648. The normalized spacial score (nSPS) is 16.2. The molecule has 3 aliphatic rings. The van der Waals surface area contributed by atoms with E-state index in [1.165, 1.54) is 10.5 Å². The molecule has 6 rings (SSSR count). The highest BCUT2D eigenvalue weighted by atomic mass is 35.5. The number of nitrogens with zero attached hydrogens (tertiary/aromatic N) is 4. The highest BCUT2D eigenvalue weighted by Crippen LogP contribution is 2.32. The summed E-state index contributed by atoms with van der Waals surface area (Å²) in [5.41, 5.74) is 4.69. The molecule has 0 N–H and O–H groups in total. The topological polar surface area (TPSA) is 81.2 Å². The van der Waals surface area contributed by atoms with E-state index in [4.69, 9.17) is 23.2 Å². The SMILES string of the molecule is O=C(CN1C(=O)Cc2cc(Cl)ccc21)N1CCN(CCc2ccccc2)CC1.O=[C]CN1C(=O)Cc2cc(Cl)ccc21. The predicted octanol–water partition coefficient (Wildman–Crippen LogP) is 3.95.